The molecule has 0 unspecified atom stereocenters. The normalized spacial score (nSPS) is 11.0. The van der Waals surface area contributed by atoms with E-state index in [1.165, 1.54) is 0 Å². The predicted octanol–water partition coefficient (Wildman–Crippen LogP) is 2.68. The summed E-state index contributed by atoms with van der Waals surface area (Å²) in [6.07, 6.45) is 3.85. The van der Waals surface area contributed by atoms with Gasteiger partial charge in [-0.15, -0.1) is 0 Å². The van der Waals surface area contributed by atoms with Crippen LogP contribution in [0.3, 0.4) is 0 Å². The molecule has 114 valence electrons. The number of rotatable bonds is 6. The van der Waals surface area contributed by atoms with Gasteiger partial charge in [0.15, 0.2) is 0 Å². The first kappa shape index (κ1) is 14.7. The Morgan fingerprint density at radius 1 is 1.36 bits per heavy atom. The Kier molecular flexibility index (Phi) is 4.50. The maximum Gasteiger partial charge on any atom is 0.240 e. The molecule has 0 spiro atoms. The largest absolute Gasteiger partial charge is 0.338 e. The maximum absolute atomic E-state index is 5.96. The fourth-order valence-corrected chi connectivity index (χ4v) is 2.24. The van der Waals surface area contributed by atoms with Gasteiger partial charge in [-0.05, 0) is 24.6 Å². The van der Waals surface area contributed by atoms with Crippen molar-refractivity contribution in [2.75, 3.05) is 6.54 Å². The third kappa shape index (κ3) is 3.72. The quantitative estimate of drug-likeness (QED) is 0.708. The van der Waals surface area contributed by atoms with Crippen LogP contribution >= 0.6 is 11.6 Å². The summed E-state index contributed by atoms with van der Waals surface area (Å²) in [4.78, 5) is 4.35. The van der Waals surface area contributed by atoms with Gasteiger partial charge < -0.3 is 9.84 Å². The molecule has 22 heavy (non-hydrogen) atoms. The molecule has 6 nitrogen and oxygen atoms in total. The summed E-state index contributed by atoms with van der Waals surface area (Å²) in [6, 6.07) is 7.38. The highest BCUT2D eigenvalue weighted by Crippen LogP contribution is 2.19. The summed E-state index contributed by atoms with van der Waals surface area (Å²) in [5.74, 6) is 1.09. The molecular weight excluding hydrogens is 302 g/mol. The molecule has 3 aromatic rings. The number of benzene rings is 1. The third-order valence-electron chi connectivity index (χ3n) is 3.11. The van der Waals surface area contributed by atoms with Gasteiger partial charge in [-0.1, -0.05) is 28.9 Å². The summed E-state index contributed by atoms with van der Waals surface area (Å²) < 4.78 is 7.12. The van der Waals surface area contributed by atoms with E-state index in [9.17, 15) is 0 Å². The fraction of sp³-hybridized carbons (Fsp3) is 0.267. The van der Waals surface area contributed by atoms with Crippen molar-refractivity contribution < 1.29 is 4.52 Å². The first-order chi connectivity index (χ1) is 10.7. The molecule has 2 heterocycles. The van der Waals surface area contributed by atoms with Crippen molar-refractivity contribution in [1.29, 1.82) is 0 Å². The van der Waals surface area contributed by atoms with Crippen molar-refractivity contribution in [3.05, 3.63) is 53.1 Å². The van der Waals surface area contributed by atoms with Crippen molar-refractivity contribution in [2.24, 2.45) is 0 Å². The lowest BCUT2D eigenvalue weighted by Crippen LogP contribution is -2.19. The van der Waals surface area contributed by atoms with Crippen LogP contribution < -0.4 is 5.32 Å². The van der Waals surface area contributed by atoms with Gasteiger partial charge in [0, 0.05) is 23.3 Å². The number of aromatic nitrogens is 4. The second-order valence-electron chi connectivity index (χ2n) is 4.98. The molecule has 0 aliphatic heterocycles. The minimum Gasteiger partial charge on any atom is -0.338 e. The van der Waals surface area contributed by atoms with Gasteiger partial charge in [-0.25, -0.2) is 0 Å². The highest BCUT2D eigenvalue weighted by molar-refractivity contribution is 6.30. The van der Waals surface area contributed by atoms with E-state index in [1.54, 1.807) is 0 Å². The van der Waals surface area contributed by atoms with Crippen LogP contribution in [0.2, 0.25) is 5.02 Å². The van der Waals surface area contributed by atoms with E-state index in [2.05, 4.69) is 20.6 Å². The van der Waals surface area contributed by atoms with Crippen molar-refractivity contribution in [2.45, 2.75) is 20.0 Å². The van der Waals surface area contributed by atoms with Gasteiger partial charge in [0.1, 0.15) is 0 Å². The first-order valence-electron chi connectivity index (χ1n) is 6.99. The van der Waals surface area contributed by atoms with Crippen LogP contribution in [0.25, 0.3) is 11.4 Å². The van der Waals surface area contributed by atoms with Crippen molar-refractivity contribution >= 4 is 11.6 Å². The lowest BCUT2D eigenvalue weighted by Gasteiger charge is -2.01. The van der Waals surface area contributed by atoms with Gasteiger partial charge >= 0.3 is 0 Å². The van der Waals surface area contributed by atoms with Crippen LogP contribution in [-0.4, -0.2) is 26.5 Å². The zero-order valence-corrected chi connectivity index (χ0v) is 12.9. The zero-order valence-electron chi connectivity index (χ0n) is 12.2. The number of hydrogen-bond donors (Lipinski definition) is 1. The lowest BCUT2D eigenvalue weighted by atomic mass is 10.2. The lowest BCUT2D eigenvalue weighted by molar-refractivity contribution is 0.365. The molecule has 0 saturated heterocycles. The van der Waals surface area contributed by atoms with Gasteiger partial charge in [-0.3, -0.25) is 4.68 Å². The van der Waals surface area contributed by atoms with Gasteiger partial charge in [0.25, 0.3) is 0 Å². The van der Waals surface area contributed by atoms with Crippen LogP contribution in [0.5, 0.6) is 0 Å². The minimum atomic E-state index is 0.522. The van der Waals surface area contributed by atoms with E-state index in [0.29, 0.717) is 23.3 Å². The summed E-state index contributed by atoms with van der Waals surface area (Å²) in [7, 11) is 0. The second kappa shape index (κ2) is 6.72. The molecule has 0 bridgehead atoms. The Hall–Kier alpha value is -2.18. The smallest absolute Gasteiger partial charge is 0.240 e. The molecule has 3 rings (SSSR count). The molecule has 0 radical (unpaired) electrons. The number of aryl methyl sites for hydroxylation is 1. The topological polar surface area (TPSA) is 68.8 Å². The molecule has 7 heteroatoms. The maximum atomic E-state index is 5.96. The fourth-order valence-electron chi connectivity index (χ4n) is 2.05. The Bertz CT molecular complexity index is 752. The van der Waals surface area contributed by atoms with Crippen LogP contribution in [-0.2, 0) is 13.1 Å². The monoisotopic (exact) mass is 317 g/mol. The molecule has 0 fully saturated rings. The van der Waals surface area contributed by atoms with Gasteiger partial charge in [0.2, 0.25) is 11.7 Å². The molecule has 1 N–H and O–H groups in total. The number of hydrogen-bond acceptors (Lipinski definition) is 5. The molecule has 0 aliphatic carbocycles. The summed E-state index contributed by atoms with van der Waals surface area (Å²) in [5, 5.41) is 12.1. The third-order valence-corrected chi connectivity index (χ3v) is 3.34. The summed E-state index contributed by atoms with van der Waals surface area (Å²) in [6.45, 7) is 4.11. The average molecular weight is 318 g/mol. The molecule has 0 saturated carbocycles. The van der Waals surface area contributed by atoms with E-state index < -0.39 is 0 Å². The molecule has 1 aromatic carbocycles. The summed E-state index contributed by atoms with van der Waals surface area (Å²) >= 11 is 5.96. The molecule has 0 aliphatic rings. The highest BCUT2D eigenvalue weighted by Gasteiger charge is 2.08. The predicted molar refractivity (Wildman–Crippen MR) is 83.4 cm³/mol. The minimum absolute atomic E-state index is 0.522. The van der Waals surface area contributed by atoms with E-state index in [-0.39, 0.29) is 0 Å². The average Bonchev–Trinajstić information content (AvgIpc) is 3.13. The molecule has 2 aromatic heterocycles. The standard InChI is InChI=1S/C15H16ClN5O/c1-11-8-18-21(10-11)6-5-17-9-14-19-15(20-22-14)12-3-2-4-13(16)7-12/h2-4,7-8,10,17H,5-6,9H2,1H3. The molecular formula is C15H16ClN5O. The molecule has 0 atom stereocenters. The van der Waals surface area contributed by atoms with Crippen molar-refractivity contribution in [3.8, 4) is 11.4 Å². The zero-order chi connectivity index (χ0) is 15.4. The first-order valence-corrected chi connectivity index (χ1v) is 7.37. The Morgan fingerprint density at radius 3 is 3.05 bits per heavy atom. The molecule has 0 amide bonds. The van der Waals surface area contributed by atoms with Crippen molar-refractivity contribution in [3.63, 3.8) is 0 Å². The van der Waals surface area contributed by atoms with E-state index in [0.717, 1.165) is 24.2 Å². The van der Waals surface area contributed by atoms with E-state index >= 15 is 0 Å². The summed E-state index contributed by atoms with van der Waals surface area (Å²) in [5.41, 5.74) is 2.00. The van der Waals surface area contributed by atoms with Gasteiger partial charge in [-0.2, -0.15) is 10.1 Å². The van der Waals surface area contributed by atoms with Crippen LogP contribution in [0.15, 0.2) is 41.2 Å². The van der Waals surface area contributed by atoms with Crippen LogP contribution in [0, 0.1) is 6.92 Å². The van der Waals surface area contributed by atoms with Crippen LogP contribution in [0.4, 0.5) is 0 Å². The Morgan fingerprint density at radius 2 is 2.27 bits per heavy atom. The van der Waals surface area contributed by atoms with E-state index in [4.69, 9.17) is 16.1 Å². The van der Waals surface area contributed by atoms with Crippen molar-refractivity contribution in [1.82, 2.24) is 25.2 Å². The number of halogens is 1. The Labute approximate surface area is 133 Å². The second-order valence-corrected chi connectivity index (χ2v) is 5.42. The number of nitrogens with zero attached hydrogens (tertiary/aromatic N) is 4. The van der Waals surface area contributed by atoms with Crippen LogP contribution in [0.1, 0.15) is 11.5 Å². The van der Waals surface area contributed by atoms with Gasteiger partial charge in [0.05, 0.1) is 19.3 Å². The SMILES string of the molecule is Cc1cnn(CCNCc2nc(-c3cccc(Cl)c3)no2)c1. The Balaban J connectivity index is 1.51. The van der Waals surface area contributed by atoms with E-state index in [1.807, 2.05) is 48.3 Å². The highest BCUT2D eigenvalue weighted by atomic mass is 35.5. The number of nitrogens with one attached hydrogen (secondary N) is 1.